The van der Waals surface area contributed by atoms with Crippen molar-refractivity contribution in [2.75, 3.05) is 0 Å². The van der Waals surface area contributed by atoms with E-state index in [0.717, 1.165) is 17.7 Å². The molecule has 7 heteroatoms. The Morgan fingerprint density at radius 3 is 2.42 bits per heavy atom. The summed E-state index contributed by atoms with van der Waals surface area (Å²) in [6, 6.07) is 14.6. The minimum absolute atomic E-state index is 0.238. The van der Waals surface area contributed by atoms with Crippen molar-refractivity contribution in [2.24, 2.45) is 0 Å². The van der Waals surface area contributed by atoms with Gasteiger partial charge in [-0.2, -0.15) is 0 Å². The fourth-order valence-electron chi connectivity index (χ4n) is 2.27. The zero-order valence-electron chi connectivity index (χ0n) is 12.8. The Kier molecular flexibility index (Phi) is 5.13. The maximum Gasteiger partial charge on any atom is 0.241 e. The van der Waals surface area contributed by atoms with Gasteiger partial charge < -0.3 is 4.57 Å². The van der Waals surface area contributed by atoms with Gasteiger partial charge in [-0.3, -0.25) is 0 Å². The van der Waals surface area contributed by atoms with E-state index in [-0.39, 0.29) is 11.4 Å². The maximum atomic E-state index is 12.4. The molecule has 0 atom stereocenters. The van der Waals surface area contributed by atoms with Gasteiger partial charge in [0.25, 0.3) is 0 Å². The predicted octanol–water partition coefficient (Wildman–Crippen LogP) is 3.17. The molecule has 0 aliphatic heterocycles. The molecule has 0 amide bonds. The van der Waals surface area contributed by atoms with Crippen molar-refractivity contribution in [1.29, 1.82) is 0 Å². The second kappa shape index (κ2) is 7.29. The first-order valence-electron chi connectivity index (χ1n) is 7.32. The van der Waals surface area contributed by atoms with E-state index in [9.17, 15) is 8.42 Å². The third-order valence-electron chi connectivity index (χ3n) is 3.54. The highest BCUT2D eigenvalue weighted by Crippen LogP contribution is 2.21. The molecule has 124 valence electrons. The molecule has 1 aromatic heterocycles. The van der Waals surface area contributed by atoms with Crippen molar-refractivity contribution < 1.29 is 8.42 Å². The molecule has 0 aliphatic rings. The number of benzene rings is 2. The Labute approximate surface area is 149 Å². The zero-order chi connectivity index (χ0) is 17.0. The lowest BCUT2D eigenvalue weighted by Gasteiger charge is -2.09. The van der Waals surface area contributed by atoms with Crippen LogP contribution in [0.4, 0.5) is 0 Å². The second-order valence-corrected chi connectivity index (χ2v) is 7.90. The summed E-state index contributed by atoms with van der Waals surface area (Å²) in [5.74, 6) is 0. The monoisotopic (exact) mass is 405 g/mol. The normalized spacial score (nSPS) is 11.5. The number of rotatable bonds is 6. The van der Waals surface area contributed by atoms with E-state index in [1.165, 1.54) is 0 Å². The van der Waals surface area contributed by atoms with E-state index in [1.54, 1.807) is 36.8 Å². The average Bonchev–Trinajstić information content (AvgIpc) is 3.07. The summed E-state index contributed by atoms with van der Waals surface area (Å²) < 4.78 is 29.9. The first-order chi connectivity index (χ1) is 11.5. The molecule has 0 fully saturated rings. The fraction of sp³-hybridized carbons (Fsp3) is 0.118. The number of imidazole rings is 1. The Morgan fingerprint density at radius 2 is 1.75 bits per heavy atom. The molecular formula is C17H16BrN3O2S. The van der Waals surface area contributed by atoms with Crippen LogP contribution in [0.5, 0.6) is 0 Å². The Morgan fingerprint density at radius 1 is 1.04 bits per heavy atom. The van der Waals surface area contributed by atoms with Gasteiger partial charge in [0, 0.05) is 30.0 Å². The third-order valence-corrected chi connectivity index (χ3v) is 5.95. The van der Waals surface area contributed by atoms with Crippen LogP contribution in [0.15, 0.2) is 76.6 Å². The van der Waals surface area contributed by atoms with Crippen molar-refractivity contribution in [3.63, 3.8) is 0 Å². The Hall–Kier alpha value is -1.96. The topological polar surface area (TPSA) is 64.0 Å². The first-order valence-corrected chi connectivity index (χ1v) is 9.60. The van der Waals surface area contributed by atoms with E-state index >= 15 is 0 Å². The zero-order valence-corrected chi connectivity index (χ0v) is 15.2. The molecule has 0 unspecified atom stereocenters. The molecule has 1 N–H and O–H groups in total. The van der Waals surface area contributed by atoms with Gasteiger partial charge in [0.15, 0.2) is 0 Å². The van der Waals surface area contributed by atoms with Gasteiger partial charge >= 0.3 is 0 Å². The third kappa shape index (κ3) is 4.11. The van der Waals surface area contributed by atoms with Crippen molar-refractivity contribution in [2.45, 2.75) is 18.0 Å². The summed E-state index contributed by atoms with van der Waals surface area (Å²) in [4.78, 5) is 4.25. The second-order valence-electron chi connectivity index (χ2n) is 5.31. The first kappa shape index (κ1) is 16.9. The standard InChI is InChI=1S/C17H16BrN3O2S/c18-16-3-1-2-4-17(16)24(22,23)20-11-14-5-7-15(8-6-14)12-21-10-9-19-13-21/h1-10,13,20H,11-12H2. The van der Waals surface area contributed by atoms with Crippen LogP contribution in [0.2, 0.25) is 0 Å². The number of nitrogens with one attached hydrogen (secondary N) is 1. The molecule has 0 aliphatic carbocycles. The van der Waals surface area contributed by atoms with Crippen molar-refractivity contribution in [3.05, 3.63) is 82.9 Å². The molecule has 0 spiro atoms. The Balaban J connectivity index is 1.65. The van der Waals surface area contributed by atoms with E-state index < -0.39 is 10.0 Å². The summed E-state index contributed by atoms with van der Waals surface area (Å²) in [5, 5.41) is 0. The van der Waals surface area contributed by atoms with Gasteiger partial charge in [-0.05, 0) is 39.2 Å². The molecule has 3 aromatic rings. The van der Waals surface area contributed by atoms with Gasteiger partial charge in [-0.15, -0.1) is 0 Å². The smallest absolute Gasteiger partial charge is 0.241 e. The van der Waals surface area contributed by atoms with Crippen molar-refractivity contribution in [1.82, 2.24) is 14.3 Å². The van der Waals surface area contributed by atoms with E-state index in [4.69, 9.17) is 0 Å². The van der Waals surface area contributed by atoms with Crippen LogP contribution in [0, 0.1) is 0 Å². The minimum Gasteiger partial charge on any atom is -0.333 e. The largest absolute Gasteiger partial charge is 0.333 e. The van der Waals surface area contributed by atoms with E-state index in [2.05, 4.69) is 25.6 Å². The fourth-order valence-corrected chi connectivity index (χ4v) is 4.29. The van der Waals surface area contributed by atoms with Crippen LogP contribution in [-0.4, -0.2) is 18.0 Å². The number of halogens is 1. The molecular weight excluding hydrogens is 390 g/mol. The minimum atomic E-state index is -3.55. The molecule has 0 saturated heterocycles. The van der Waals surface area contributed by atoms with Crippen LogP contribution >= 0.6 is 15.9 Å². The van der Waals surface area contributed by atoms with Crippen LogP contribution < -0.4 is 4.72 Å². The predicted molar refractivity (Wildman–Crippen MR) is 95.9 cm³/mol. The Bertz CT molecular complexity index is 907. The average molecular weight is 406 g/mol. The summed E-state index contributed by atoms with van der Waals surface area (Å²) >= 11 is 3.27. The summed E-state index contributed by atoms with van der Waals surface area (Å²) in [6.07, 6.45) is 5.41. The molecule has 0 bridgehead atoms. The van der Waals surface area contributed by atoms with Crippen LogP contribution in [-0.2, 0) is 23.1 Å². The lowest BCUT2D eigenvalue weighted by Crippen LogP contribution is -2.23. The molecule has 5 nitrogen and oxygen atoms in total. The highest BCUT2D eigenvalue weighted by Gasteiger charge is 2.16. The number of hydrogen-bond donors (Lipinski definition) is 1. The van der Waals surface area contributed by atoms with Gasteiger partial charge in [0.1, 0.15) is 0 Å². The molecule has 1 heterocycles. The van der Waals surface area contributed by atoms with Gasteiger partial charge in [0.2, 0.25) is 10.0 Å². The number of aromatic nitrogens is 2. The molecule has 0 radical (unpaired) electrons. The SMILES string of the molecule is O=S(=O)(NCc1ccc(Cn2ccnc2)cc1)c1ccccc1Br. The summed E-state index contributed by atoms with van der Waals surface area (Å²) in [6.45, 7) is 0.984. The van der Waals surface area contributed by atoms with Gasteiger partial charge in [-0.1, -0.05) is 36.4 Å². The lowest BCUT2D eigenvalue weighted by molar-refractivity contribution is 0.581. The summed E-state index contributed by atoms with van der Waals surface area (Å²) in [5.41, 5.74) is 2.03. The highest BCUT2D eigenvalue weighted by molar-refractivity contribution is 9.10. The molecule has 0 saturated carbocycles. The number of hydrogen-bond acceptors (Lipinski definition) is 3. The summed E-state index contributed by atoms with van der Waals surface area (Å²) in [7, 11) is -3.55. The van der Waals surface area contributed by atoms with Crippen molar-refractivity contribution >= 4 is 26.0 Å². The highest BCUT2D eigenvalue weighted by atomic mass is 79.9. The number of sulfonamides is 1. The molecule has 24 heavy (non-hydrogen) atoms. The van der Waals surface area contributed by atoms with Gasteiger partial charge in [0.05, 0.1) is 11.2 Å². The van der Waals surface area contributed by atoms with Gasteiger partial charge in [-0.25, -0.2) is 18.1 Å². The lowest BCUT2D eigenvalue weighted by atomic mass is 10.1. The van der Waals surface area contributed by atoms with Crippen LogP contribution in [0.3, 0.4) is 0 Å². The quantitative estimate of drug-likeness (QED) is 0.684. The molecule has 2 aromatic carbocycles. The maximum absolute atomic E-state index is 12.4. The molecule has 3 rings (SSSR count). The van der Waals surface area contributed by atoms with Crippen LogP contribution in [0.1, 0.15) is 11.1 Å². The van der Waals surface area contributed by atoms with E-state index in [0.29, 0.717) is 4.47 Å². The number of nitrogens with zero attached hydrogens (tertiary/aromatic N) is 2. The van der Waals surface area contributed by atoms with E-state index in [1.807, 2.05) is 35.0 Å². The van der Waals surface area contributed by atoms with Crippen molar-refractivity contribution in [3.8, 4) is 0 Å². The van der Waals surface area contributed by atoms with Crippen LogP contribution in [0.25, 0.3) is 0 Å².